The molecule has 1 fully saturated rings. The Balaban J connectivity index is 1.59. The molecule has 1 aromatic heterocycles. The predicted octanol–water partition coefficient (Wildman–Crippen LogP) is 3.17. The van der Waals surface area contributed by atoms with Crippen LogP contribution in [0.5, 0.6) is 5.75 Å². The van der Waals surface area contributed by atoms with Crippen LogP contribution in [0.4, 0.5) is 5.69 Å². The van der Waals surface area contributed by atoms with E-state index in [4.69, 9.17) is 4.74 Å². The molecule has 2 aromatic rings. The van der Waals surface area contributed by atoms with E-state index in [1.54, 1.807) is 18.4 Å². The van der Waals surface area contributed by atoms with E-state index in [0.29, 0.717) is 5.69 Å². The molecule has 6 heteroatoms. The number of aromatic nitrogens is 1. The summed E-state index contributed by atoms with van der Waals surface area (Å²) >= 11 is 1.57. The van der Waals surface area contributed by atoms with Crippen molar-refractivity contribution in [3.8, 4) is 5.75 Å². The normalized spacial score (nSPS) is 15.4. The maximum atomic E-state index is 12.4. The van der Waals surface area contributed by atoms with Crippen LogP contribution in [-0.2, 0) is 0 Å². The first-order chi connectivity index (χ1) is 11.6. The van der Waals surface area contributed by atoms with Gasteiger partial charge >= 0.3 is 0 Å². The molecule has 0 bridgehead atoms. The minimum absolute atomic E-state index is 0.0485. The minimum Gasteiger partial charge on any atom is -0.495 e. The predicted molar refractivity (Wildman–Crippen MR) is 97.3 cm³/mol. The zero-order chi connectivity index (χ0) is 17.1. The fraction of sp³-hybridized carbons (Fsp3) is 0.444. The molecule has 0 spiro atoms. The van der Waals surface area contributed by atoms with Gasteiger partial charge in [0.1, 0.15) is 11.4 Å². The molecule has 2 heterocycles. The van der Waals surface area contributed by atoms with Gasteiger partial charge in [-0.05, 0) is 38.8 Å². The lowest BCUT2D eigenvalue weighted by atomic mass is 10.0. The largest absolute Gasteiger partial charge is 0.495 e. The Labute approximate surface area is 146 Å². The summed E-state index contributed by atoms with van der Waals surface area (Å²) in [4.78, 5) is 20.0. The van der Waals surface area contributed by atoms with Gasteiger partial charge in [0.25, 0.3) is 5.91 Å². The first-order valence-electron chi connectivity index (χ1n) is 8.21. The lowest BCUT2D eigenvalue weighted by Crippen LogP contribution is -2.45. The molecular formula is C18H23N3O2S. The van der Waals surface area contributed by atoms with Crippen molar-refractivity contribution in [3.63, 3.8) is 0 Å². The molecule has 1 aromatic carbocycles. The zero-order valence-corrected chi connectivity index (χ0v) is 15.2. The Kier molecular flexibility index (Phi) is 5.04. The van der Waals surface area contributed by atoms with Gasteiger partial charge in [0, 0.05) is 24.0 Å². The monoisotopic (exact) mass is 345 g/mol. The molecule has 128 valence electrons. The van der Waals surface area contributed by atoms with Crippen molar-refractivity contribution in [2.24, 2.45) is 0 Å². The Morgan fingerprint density at radius 1 is 1.29 bits per heavy atom. The lowest BCUT2D eigenvalue weighted by molar-refractivity contribution is 0.0926. The van der Waals surface area contributed by atoms with Crippen molar-refractivity contribution in [2.45, 2.75) is 32.7 Å². The number of carbonyl (C=O) groups is 1. The first-order valence-corrected chi connectivity index (χ1v) is 9.03. The fourth-order valence-electron chi connectivity index (χ4n) is 3.15. The standard InChI is InChI=1S/C18H23N3O2S/c1-12-17(19-13(2)24-12)18(22)20-14-8-10-21(11-9-14)15-6-4-5-7-16(15)23-3/h4-7,14H,8-11H2,1-3H3,(H,20,22). The summed E-state index contributed by atoms with van der Waals surface area (Å²) in [6.07, 6.45) is 1.85. The Bertz CT molecular complexity index is 721. The van der Waals surface area contributed by atoms with Crippen LogP contribution in [0.15, 0.2) is 24.3 Å². The van der Waals surface area contributed by atoms with Gasteiger partial charge in [0.2, 0.25) is 0 Å². The summed E-state index contributed by atoms with van der Waals surface area (Å²) in [5.74, 6) is 0.848. The average Bonchev–Trinajstić information content (AvgIpc) is 2.94. The molecule has 1 aliphatic heterocycles. The van der Waals surface area contributed by atoms with Crippen LogP contribution in [0, 0.1) is 13.8 Å². The number of benzene rings is 1. The summed E-state index contributed by atoms with van der Waals surface area (Å²) < 4.78 is 5.44. The number of piperidine rings is 1. The number of carbonyl (C=O) groups excluding carboxylic acids is 1. The number of nitrogens with zero attached hydrogens (tertiary/aromatic N) is 2. The summed E-state index contributed by atoms with van der Waals surface area (Å²) in [6, 6.07) is 8.27. The molecular weight excluding hydrogens is 322 g/mol. The molecule has 0 atom stereocenters. The van der Waals surface area contributed by atoms with Gasteiger partial charge in [-0.15, -0.1) is 11.3 Å². The Hall–Kier alpha value is -2.08. The lowest BCUT2D eigenvalue weighted by Gasteiger charge is -2.34. The highest BCUT2D eigenvalue weighted by Crippen LogP contribution is 2.30. The van der Waals surface area contributed by atoms with Crippen LogP contribution in [0.1, 0.15) is 33.2 Å². The van der Waals surface area contributed by atoms with E-state index in [2.05, 4.69) is 21.3 Å². The van der Waals surface area contributed by atoms with E-state index >= 15 is 0 Å². The molecule has 1 aliphatic rings. The summed E-state index contributed by atoms with van der Waals surface area (Å²) in [6.45, 7) is 5.69. The van der Waals surface area contributed by atoms with Crippen molar-refractivity contribution in [3.05, 3.63) is 39.8 Å². The van der Waals surface area contributed by atoms with E-state index in [0.717, 1.165) is 47.3 Å². The van der Waals surface area contributed by atoms with Gasteiger partial charge < -0.3 is 15.0 Å². The second-order valence-corrected chi connectivity index (χ2v) is 7.45. The molecule has 5 nitrogen and oxygen atoms in total. The van der Waals surface area contributed by atoms with Crippen molar-refractivity contribution < 1.29 is 9.53 Å². The van der Waals surface area contributed by atoms with Crippen LogP contribution in [0.2, 0.25) is 0 Å². The number of nitrogens with one attached hydrogen (secondary N) is 1. The molecule has 0 saturated carbocycles. The Morgan fingerprint density at radius 3 is 2.62 bits per heavy atom. The number of para-hydroxylation sites is 2. The van der Waals surface area contributed by atoms with Crippen LogP contribution in [-0.4, -0.2) is 37.1 Å². The summed E-state index contributed by atoms with van der Waals surface area (Å²) in [5, 5.41) is 4.07. The van der Waals surface area contributed by atoms with Gasteiger partial charge in [-0.2, -0.15) is 0 Å². The van der Waals surface area contributed by atoms with Gasteiger partial charge in [0.05, 0.1) is 17.8 Å². The van der Waals surface area contributed by atoms with Gasteiger partial charge in [-0.3, -0.25) is 4.79 Å². The van der Waals surface area contributed by atoms with E-state index in [-0.39, 0.29) is 11.9 Å². The number of ether oxygens (including phenoxy) is 1. The second-order valence-electron chi connectivity index (χ2n) is 6.04. The van der Waals surface area contributed by atoms with Gasteiger partial charge in [-0.1, -0.05) is 12.1 Å². The number of hydrogen-bond acceptors (Lipinski definition) is 5. The molecule has 24 heavy (non-hydrogen) atoms. The molecule has 1 N–H and O–H groups in total. The number of amides is 1. The second kappa shape index (κ2) is 7.21. The highest BCUT2D eigenvalue weighted by Gasteiger charge is 2.24. The highest BCUT2D eigenvalue weighted by atomic mass is 32.1. The zero-order valence-electron chi connectivity index (χ0n) is 14.3. The van der Waals surface area contributed by atoms with Crippen molar-refractivity contribution in [1.82, 2.24) is 10.3 Å². The third kappa shape index (κ3) is 3.53. The third-order valence-corrected chi connectivity index (χ3v) is 5.26. The number of thiazole rings is 1. The van der Waals surface area contributed by atoms with E-state index in [1.165, 1.54) is 0 Å². The number of aryl methyl sites for hydroxylation is 2. The van der Waals surface area contributed by atoms with Crippen LogP contribution >= 0.6 is 11.3 Å². The van der Waals surface area contributed by atoms with Crippen molar-refractivity contribution in [1.29, 1.82) is 0 Å². The number of methoxy groups -OCH3 is 1. The van der Waals surface area contributed by atoms with E-state index in [9.17, 15) is 4.79 Å². The summed E-state index contributed by atoms with van der Waals surface area (Å²) in [5.41, 5.74) is 1.69. The van der Waals surface area contributed by atoms with Crippen LogP contribution in [0.25, 0.3) is 0 Å². The SMILES string of the molecule is COc1ccccc1N1CCC(NC(=O)c2nc(C)sc2C)CC1. The molecule has 0 radical (unpaired) electrons. The van der Waals surface area contributed by atoms with E-state index in [1.807, 2.05) is 32.0 Å². The molecule has 1 saturated heterocycles. The van der Waals surface area contributed by atoms with Gasteiger partial charge in [0.15, 0.2) is 0 Å². The van der Waals surface area contributed by atoms with Crippen molar-refractivity contribution >= 4 is 22.9 Å². The summed E-state index contributed by atoms with van der Waals surface area (Å²) in [7, 11) is 1.70. The number of hydrogen-bond donors (Lipinski definition) is 1. The Morgan fingerprint density at radius 2 is 2.00 bits per heavy atom. The molecule has 0 unspecified atom stereocenters. The minimum atomic E-state index is -0.0485. The molecule has 0 aliphatic carbocycles. The van der Waals surface area contributed by atoms with Crippen LogP contribution in [0.3, 0.4) is 0 Å². The maximum Gasteiger partial charge on any atom is 0.271 e. The highest BCUT2D eigenvalue weighted by molar-refractivity contribution is 7.11. The average molecular weight is 345 g/mol. The van der Waals surface area contributed by atoms with Gasteiger partial charge in [-0.25, -0.2) is 4.98 Å². The molecule has 3 rings (SSSR count). The van der Waals surface area contributed by atoms with Crippen LogP contribution < -0.4 is 15.0 Å². The first kappa shape index (κ1) is 16.8. The number of rotatable bonds is 4. The smallest absolute Gasteiger partial charge is 0.271 e. The fourth-order valence-corrected chi connectivity index (χ4v) is 3.96. The quantitative estimate of drug-likeness (QED) is 0.925. The topological polar surface area (TPSA) is 54.5 Å². The third-order valence-electron chi connectivity index (χ3n) is 4.37. The maximum absolute atomic E-state index is 12.4. The molecule has 1 amide bonds. The van der Waals surface area contributed by atoms with E-state index < -0.39 is 0 Å². The number of anilines is 1. The van der Waals surface area contributed by atoms with Crippen molar-refractivity contribution in [2.75, 3.05) is 25.1 Å².